The van der Waals surface area contributed by atoms with E-state index in [-0.39, 0.29) is 24.1 Å². The largest absolute Gasteiger partial charge is 0.497 e. The van der Waals surface area contributed by atoms with Crippen molar-refractivity contribution in [2.45, 2.75) is 13.2 Å². The van der Waals surface area contributed by atoms with Crippen LogP contribution in [0.1, 0.15) is 12.5 Å². The number of nitrogens with zero attached hydrogens (tertiary/aromatic N) is 3. The Morgan fingerprint density at radius 2 is 1.81 bits per heavy atom. The van der Waals surface area contributed by atoms with Crippen molar-refractivity contribution in [1.29, 1.82) is 0 Å². The average molecular weight is 371 g/mol. The Morgan fingerprint density at radius 1 is 1.19 bits per heavy atom. The summed E-state index contributed by atoms with van der Waals surface area (Å²) in [4.78, 5) is 22.1. The summed E-state index contributed by atoms with van der Waals surface area (Å²) in [5, 5.41) is 16.1. The van der Waals surface area contributed by atoms with Gasteiger partial charge in [0.15, 0.2) is 0 Å². The summed E-state index contributed by atoms with van der Waals surface area (Å²) in [6, 6.07) is 12.7. The van der Waals surface area contributed by atoms with Crippen molar-refractivity contribution in [1.82, 2.24) is 5.01 Å². The fraction of sp³-hybridized carbons (Fsp3) is 0.222. The first kappa shape index (κ1) is 18.2. The van der Waals surface area contributed by atoms with E-state index in [0.29, 0.717) is 17.1 Å². The molecule has 0 fully saturated rings. The molecule has 0 saturated heterocycles. The van der Waals surface area contributed by atoms with Gasteiger partial charge < -0.3 is 14.2 Å². The molecular weight excluding hydrogens is 354 g/mol. The lowest BCUT2D eigenvalue weighted by molar-refractivity contribution is -0.384. The maximum atomic E-state index is 11.8. The van der Waals surface area contributed by atoms with Crippen molar-refractivity contribution in [3.63, 3.8) is 0 Å². The molecule has 9 nitrogen and oxygen atoms in total. The summed E-state index contributed by atoms with van der Waals surface area (Å²) in [5.74, 6) is 1.18. The zero-order valence-corrected chi connectivity index (χ0v) is 14.7. The molecule has 2 aromatic rings. The molecule has 0 saturated carbocycles. The Bertz CT molecular complexity index is 864. The highest BCUT2D eigenvalue weighted by Gasteiger charge is 2.32. The van der Waals surface area contributed by atoms with E-state index < -0.39 is 11.2 Å². The summed E-state index contributed by atoms with van der Waals surface area (Å²) < 4.78 is 16.5. The van der Waals surface area contributed by atoms with Crippen molar-refractivity contribution in [2.24, 2.45) is 5.10 Å². The number of hydrazone groups is 1. The predicted octanol–water partition coefficient (Wildman–Crippen LogP) is 2.55. The lowest BCUT2D eigenvalue weighted by Crippen LogP contribution is -2.36. The van der Waals surface area contributed by atoms with Crippen LogP contribution in [0.5, 0.6) is 11.5 Å². The van der Waals surface area contributed by atoms with Gasteiger partial charge in [-0.05, 0) is 36.4 Å². The lowest BCUT2D eigenvalue weighted by Gasteiger charge is -2.19. The highest BCUT2D eigenvalue weighted by Crippen LogP contribution is 2.22. The van der Waals surface area contributed by atoms with Crippen molar-refractivity contribution in [3.8, 4) is 11.5 Å². The van der Waals surface area contributed by atoms with E-state index in [0.717, 1.165) is 0 Å². The van der Waals surface area contributed by atoms with Gasteiger partial charge in [-0.3, -0.25) is 14.9 Å². The van der Waals surface area contributed by atoms with E-state index in [2.05, 4.69) is 5.10 Å². The van der Waals surface area contributed by atoms with Gasteiger partial charge in [0.25, 0.3) is 5.69 Å². The first-order valence-corrected chi connectivity index (χ1v) is 8.04. The van der Waals surface area contributed by atoms with E-state index in [9.17, 15) is 14.9 Å². The second kappa shape index (κ2) is 7.73. The molecule has 1 heterocycles. The lowest BCUT2D eigenvalue weighted by atomic mass is 10.2. The van der Waals surface area contributed by atoms with E-state index in [4.69, 9.17) is 14.2 Å². The van der Waals surface area contributed by atoms with Crippen LogP contribution >= 0.6 is 0 Å². The Morgan fingerprint density at radius 3 is 2.37 bits per heavy atom. The van der Waals surface area contributed by atoms with Crippen LogP contribution in [-0.2, 0) is 9.53 Å². The second-order valence-corrected chi connectivity index (χ2v) is 5.63. The van der Waals surface area contributed by atoms with Gasteiger partial charge in [0.1, 0.15) is 18.1 Å². The third-order valence-corrected chi connectivity index (χ3v) is 3.82. The monoisotopic (exact) mass is 371 g/mol. The van der Waals surface area contributed by atoms with Crippen molar-refractivity contribution in [2.75, 3.05) is 13.7 Å². The van der Waals surface area contributed by atoms with Gasteiger partial charge >= 0.3 is 0 Å². The number of amides is 1. The molecule has 1 amide bonds. The summed E-state index contributed by atoms with van der Waals surface area (Å²) in [5.41, 5.74) is 0.485. The number of hydrogen-bond acceptors (Lipinski definition) is 7. The third kappa shape index (κ3) is 4.14. The van der Waals surface area contributed by atoms with E-state index in [1.165, 1.54) is 36.2 Å². The van der Waals surface area contributed by atoms with Crippen LogP contribution in [0, 0.1) is 10.1 Å². The van der Waals surface area contributed by atoms with Gasteiger partial charge in [-0.25, -0.2) is 0 Å². The number of ether oxygens (including phenoxy) is 3. The van der Waals surface area contributed by atoms with Crippen LogP contribution in [0.3, 0.4) is 0 Å². The molecular formula is C18H17N3O6. The summed E-state index contributed by atoms with van der Waals surface area (Å²) in [6.45, 7) is 1.43. The van der Waals surface area contributed by atoms with E-state index in [1.807, 2.05) is 0 Å². The summed E-state index contributed by atoms with van der Waals surface area (Å²) in [7, 11) is 1.57. The molecule has 0 radical (unpaired) electrons. The molecule has 0 bridgehead atoms. The second-order valence-electron chi connectivity index (χ2n) is 5.63. The standard InChI is InChI=1S/C18H17N3O6/c1-12(22)20-17(11-26-16-9-7-15(25-2)8-10-16)27-18(19-20)13-3-5-14(6-4-13)21(23)24/h3-10,17H,11H2,1-2H3. The molecule has 3 rings (SSSR count). The highest BCUT2D eigenvalue weighted by molar-refractivity contribution is 5.96. The molecule has 0 N–H and O–H groups in total. The van der Waals surface area contributed by atoms with Crippen molar-refractivity contribution >= 4 is 17.5 Å². The van der Waals surface area contributed by atoms with Crippen LogP contribution < -0.4 is 9.47 Å². The SMILES string of the molecule is COc1ccc(OCC2OC(c3ccc([N+](=O)[O-])cc3)=NN2C(C)=O)cc1. The molecule has 0 spiro atoms. The first-order valence-electron chi connectivity index (χ1n) is 8.04. The minimum Gasteiger partial charge on any atom is -0.497 e. The molecule has 0 aromatic heterocycles. The number of non-ortho nitro benzene ring substituents is 1. The highest BCUT2D eigenvalue weighted by atomic mass is 16.6. The molecule has 27 heavy (non-hydrogen) atoms. The topological polar surface area (TPSA) is 104 Å². The minimum absolute atomic E-state index is 0.0415. The van der Waals surface area contributed by atoms with Crippen LogP contribution in [0.2, 0.25) is 0 Å². The number of nitro benzene ring substituents is 1. The van der Waals surface area contributed by atoms with Gasteiger partial charge in [-0.1, -0.05) is 0 Å². The molecule has 9 heteroatoms. The Kier molecular flexibility index (Phi) is 5.20. The number of carbonyl (C=O) groups excluding carboxylic acids is 1. The molecule has 140 valence electrons. The number of carbonyl (C=O) groups is 1. The number of rotatable bonds is 6. The van der Waals surface area contributed by atoms with Crippen molar-refractivity contribution < 1.29 is 23.9 Å². The minimum atomic E-state index is -0.741. The van der Waals surface area contributed by atoms with Gasteiger partial charge in [-0.15, -0.1) is 5.10 Å². The van der Waals surface area contributed by atoms with Crippen LogP contribution in [-0.4, -0.2) is 41.7 Å². The summed E-state index contributed by atoms with van der Waals surface area (Å²) >= 11 is 0. The molecule has 1 aliphatic heterocycles. The maximum Gasteiger partial charge on any atom is 0.269 e. The van der Waals surface area contributed by atoms with Crippen LogP contribution in [0.25, 0.3) is 0 Å². The maximum absolute atomic E-state index is 11.8. The Hall–Kier alpha value is -3.62. The summed E-state index contributed by atoms with van der Waals surface area (Å²) in [6.07, 6.45) is -0.741. The number of nitro groups is 1. The van der Waals surface area contributed by atoms with Gasteiger partial charge in [0, 0.05) is 24.6 Å². The van der Waals surface area contributed by atoms with E-state index >= 15 is 0 Å². The van der Waals surface area contributed by atoms with Gasteiger partial charge in [-0.2, -0.15) is 5.01 Å². The third-order valence-electron chi connectivity index (χ3n) is 3.82. The molecule has 0 aliphatic carbocycles. The molecule has 1 aliphatic rings. The van der Waals surface area contributed by atoms with Gasteiger partial charge in [0.05, 0.1) is 12.0 Å². The van der Waals surface area contributed by atoms with Gasteiger partial charge in [0.2, 0.25) is 18.0 Å². The fourth-order valence-corrected chi connectivity index (χ4v) is 2.43. The molecule has 1 unspecified atom stereocenters. The molecule has 1 atom stereocenters. The Labute approximate surface area is 154 Å². The number of benzene rings is 2. The zero-order chi connectivity index (χ0) is 19.4. The van der Waals surface area contributed by atoms with E-state index in [1.54, 1.807) is 31.4 Å². The molecule has 2 aromatic carbocycles. The van der Waals surface area contributed by atoms with Crippen LogP contribution in [0.15, 0.2) is 53.6 Å². The van der Waals surface area contributed by atoms with Crippen molar-refractivity contribution in [3.05, 3.63) is 64.2 Å². The van der Waals surface area contributed by atoms with Crippen LogP contribution in [0.4, 0.5) is 5.69 Å². The fourth-order valence-electron chi connectivity index (χ4n) is 2.43. The average Bonchev–Trinajstić information content (AvgIpc) is 3.11. The quantitative estimate of drug-likeness (QED) is 0.571. The predicted molar refractivity (Wildman–Crippen MR) is 95.5 cm³/mol. The Balaban J connectivity index is 1.69. The normalized spacial score (nSPS) is 15.7. The number of hydrogen-bond donors (Lipinski definition) is 0. The smallest absolute Gasteiger partial charge is 0.269 e. The zero-order valence-electron chi connectivity index (χ0n) is 14.7. The first-order chi connectivity index (χ1) is 13.0. The number of methoxy groups -OCH3 is 1.